The molecular formula is C14H21ClN2O2. The molecule has 0 heterocycles. The number of benzene rings is 1. The molecule has 106 valence electrons. The number of nitrogens with one attached hydrogen (secondary N) is 2. The summed E-state index contributed by atoms with van der Waals surface area (Å²) in [6, 6.07) is 5.47. The zero-order valence-electron chi connectivity index (χ0n) is 11.8. The fourth-order valence-electron chi connectivity index (χ4n) is 1.64. The van der Waals surface area contributed by atoms with E-state index in [1.807, 2.05) is 27.0 Å². The number of carbonyl (C=O) groups excluding carboxylic acids is 1. The van der Waals surface area contributed by atoms with Crippen LogP contribution in [-0.4, -0.2) is 25.1 Å². The predicted octanol–water partition coefficient (Wildman–Crippen LogP) is 2.35. The van der Waals surface area contributed by atoms with E-state index in [9.17, 15) is 4.79 Å². The summed E-state index contributed by atoms with van der Waals surface area (Å²) >= 11 is 5.96. The van der Waals surface area contributed by atoms with Crippen molar-refractivity contribution in [3.05, 3.63) is 28.8 Å². The molecule has 2 N–H and O–H groups in total. The summed E-state index contributed by atoms with van der Waals surface area (Å²) in [5.41, 5.74) is 0.930. The number of ether oxygens (including phenoxy) is 1. The molecule has 0 radical (unpaired) electrons. The van der Waals surface area contributed by atoms with Crippen LogP contribution in [0.4, 0.5) is 0 Å². The van der Waals surface area contributed by atoms with Gasteiger partial charge in [-0.25, -0.2) is 0 Å². The Labute approximate surface area is 119 Å². The Morgan fingerprint density at radius 2 is 2.05 bits per heavy atom. The lowest BCUT2D eigenvalue weighted by molar-refractivity contribution is -0.127. The average Bonchev–Trinajstić information content (AvgIpc) is 2.32. The third kappa shape index (κ3) is 5.09. The molecule has 1 rings (SSSR count). The van der Waals surface area contributed by atoms with E-state index in [-0.39, 0.29) is 11.9 Å². The zero-order valence-corrected chi connectivity index (χ0v) is 12.5. The van der Waals surface area contributed by atoms with Gasteiger partial charge in [0.15, 0.2) is 6.10 Å². The summed E-state index contributed by atoms with van der Waals surface area (Å²) in [7, 11) is 1.85. The summed E-state index contributed by atoms with van der Waals surface area (Å²) in [6.45, 7) is 6.20. The van der Waals surface area contributed by atoms with Crippen LogP contribution in [0.25, 0.3) is 0 Å². The van der Waals surface area contributed by atoms with Gasteiger partial charge in [0.25, 0.3) is 5.91 Å². The Hall–Kier alpha value is -1.26. The van der Waals surface area contributed by atoms with Crippen molar-refractivity contribution < 1.29 is 9.53 Å². The number of halogens is 1. The molecule has 0 spiro atoms. The number of hydrogen-bond donors (Lipinski definition) is 2. The maximum atomic E-state index is 11.8. The number of rotatable bonds is 6. The van der Waals surface area contributed by atoms with E-state index in [1.54, 1.807) is 19.1 Å². The van der Waals surface area contributed by atoms with E-state index in [2.05, 4.69) is 10.6 Å². The summed E-state index contributed by atoms with van der Waals surface area (Å²) in [5.74, 6) is 0.547. The summed E-state index contributed by atoms with van der Waals surface area (Å²) < 4.78 is 5.71. The van der Waals surface area contributed by atoms with Gasteiger partial charge in [0.05, 0.1) is 0 Å². The van der Waals surface area contributed by atoms with Crippen molar-refractivity contribution in [3.63, 3.8) is 0 Å². The van der Waals surface area contributed by atoms with Gasteiger partial charge in [0.1, 0.15) is 5.75 Å². The minimum absolute atomic E-state index is 0.0977. The van der Waals surface area contributed by atoms with Gasteiger partial charge >= 0.3 is 0 Å². The van der Waals surface area contributed by atoms with Crippen molar-refractivity contribution in [2.24, 2.45) is 0 Å². The first kappa shape index (κ1) is 15.8. The second-order valence-electron chi connectivity index (χ2n) is 4.71. The van der Waals surface area contributed by atoms with E-state index in [1.165, 1.54) is 0 Å². The third-order valence-corrected chi connectivity index (χ3v) is 2.73. The van der Waals surface area contributed by atoms with Crippen molar-refractivity contribution >= 4 is 17.5 Å². The van der Waals surface area contributed by atoms with Gasteiger partial charge in [0, 0.05) is 23.2 Å². The maximum absolute atomic E-state index is 11.8. The number of amides is 1. The largest absolute Gasteiger partial charge is 0.481 e. The summed E-state index contributed by atoms with van der Waals surface area (Å²) in [4.78, 5) is 11.8. The highest BCUT2D eigenvalue weighted by molar-refractivity contribution is 6.30. The fourth-order valence-corrected chi connectivity index (χ4v) is 1.83. The Morgan fingerprint density at radius 3 is 2.63 bits per heavy atom. The van der Waals surface area contributed by atoms with Gasteiger partial charge in [-0.15, -0.1) is 0 Å². The summed E-state index contributed by atoms with van der Waals surface area (Å²) in [5, 5.41) is 6.52. The molecule has 1 aromatic carbocycles. The standard InChI is InChI=1S/C14H21ClN2O2/c1-9(2)17-14(18)10(3)19-13-6-5-12(15)7-11(13)8-16-4/h5-7,9-10,16H,8H2,1-4H3,(H,17,18). The molecule has 1 aromatic rings. The molecule has 19 heavy (non-hydrogen) atoms. The van der Waals surface area contributed by atoms with E-state index in [4.69, 9.17) is 16.3 Å². The van der Waals surface area contributed by atoms with Gasteiger partial charge < -0.3 is 15.4 Å². The van der Waals surface area contributed by atoms with Crippen LogP contribution < -0.4 is 15.4 Å². The predicted molar refractivity (Wildman–Crippen MR) is 77.6 cm³/mol. The quantitative estimate of drug-likeness (QED) is 0.843. The van der Waals surface area contributed by atoms with Crippen LogP contribution >= 0.6 is 11.6 Å². The number of hydrogen-bond acceptors (Lipinski definition) is 3. The minimum atomic E-state index is -0.542. The average molecular weight is 285 g/mol. The van der Waals surface area contributed by atoms with Gasteiger partial charge in [-0.1, -0.05) is 11.6 Å². The van der Waals surface area contributed by atoms with Crippen molar-refractivity contribution in [1.29, 1.82) is 0 Å². The molecule has 0 bridgehead atoms. The van der Waals surface area contributed by atoms with E-state index in [0.717, 1.165) is 5.56 Å². The highest BCUT2D eigenvalue weighted by atomic mass is 35.5. The van der Waals surface area contributed by atoms with Crippen molar-refractivity contribution in [1.82, 2.24) is 10.6 Å². The molecule has 1 unspecified atom stereocenters. The molecule has 1 amide bonds. The van der Waals surface area contributed by atoms with Crippen molar-refractivity contribution in [2.45, 2.75) is 39.5 Å². The Bertz CT molecular complexity index is 435. The van der Waals surface area contributed by atoms with Crippen LogP contribution in [0.3, 0.4) is 0 Å². The third-order valence-electron chi connectivity index (χ3n) is 2.49. The fraction of sp³-hybridized carbons (Fsp3) is 0.500. The van der Waals surface area contributed by atoms with Crippen LogP contribution in [0.1, 0.15) is 26.3 Å². The van der Waals surface area contributed by atoms with Crippen LogP contribution in [0.15, 0.2) is 18.2 Å². The van der Waals surface area contributed by atoms with Gasteiger partial charge in [0.2, 0.25) is 0 Å². The van der Waals surface area contributed by atoms with Crippen LogP contribution in [0, 0.1) is 0 Å². The molecule has 0 saturated carbocycles. The second-order valence-corrected chi connectivity index (χ2v) is 5.14. The molecule has 0 aliphatic rings. The molecule has 0 fully saturated rings. The smallest absolute Gasteiger partial charge is 0.260 e. The van der Waals surface area contributed by atoms with Gasteiger partial charge in [-0.05, 0) is 46.0 Å². The lowest BCUT2D eigenvalue weighted by atomic mass is 10.2. The highest BCUT2D eigenvalue weighted by Gasteiger charge is 2.16. The first-order valence-corrected chi connectivity index (χ1v) is 6.72. The first-order valence-electron chi connectivity index (χ1n) is 6.34. The zero-order chi connectivity index (χ0) is 14.4. The SMILES string of the molecule is CNCc1cc(Cl)ccc1OC(C)C(=O)NC(C)C. The second kappa shape index (κ2) is 7.36. The Balaban J connectivity index is 2.78. The molecule has 0 aliphatic carbocycles. The van der Waals surface area contributed by atoms with Crippen LogP contribution in [0.5, 0.6) is 5.75 Å². The normalized spacial score (nSPS) is 12.3. The number of carbonyl (C=O) groups is 1. The van der Waals surface area contributed by atoms with E-state index < -0.39 is 6.10 Å². The molecule has 0 aliphatic heterocycles. The Kier molecular flexibility index (Phi) is 6.12. The van der Waals surface area contributed by atoms with Crippen LogP contribution in [0.2, 0.25) is 5.02 Å². The van der Waals surface area contributed by atoms with Crippen molar-refractivity contribution in [2.75, 3.05) is 7.05 Å². The minimum Gasteiger partial charge on any atom is -0.481 e. The monoisotopic (exact) mass is 284 g/mol. The van der Waals surface area contributed by atoms with Gasteiger partial charge in [-0.3, -0.25) is 4.79 Å². The topological polar surface area (TPSA) is 50.4 Å². The molecule has 4 nitrogen and oxygen atoms in total. The molecular weight excluding hydrogens is 264 g/mol. The van der Waals surface area contributed by atoms with Gasteiger partial charge in [-0.2, -0.15) is 0 Å². The lowest BCUT2D eigenvalue weighted by Crippen LogP contribution is -2.40. The first-order chi connectivity index (χ1) is 8.93. The molecule has 0 aromatic heterocycles. The van der Waals surface area contributed by atoms with Crippen molar-refractivity contribution in [3.8, 4) is 5.75 Å². The summed E-state index contributed by atoms with van der Waals surface area (Å²) in [6.07, 6.45) is -0.542. The highest BCUT2D eigenvalue weighted by Crippen LogP contribution is 2.23. The van der Waals surface area contributed by atoms with E-state index >= 15 is 0 Å². The maximum Gasteiger partial charge on any atom is 0.260 e. The van der Waals surface area contributed by atoms with E-state index in [0.29, 0.717) is 17.3 Å². The molecule has 5 heteroatoms. The molecule has 1 atom stereocenters. The molecule has 0 saturated heterocycles. The Morgan fingerprint density at radius 1 is 1.37 bits per heavy atom. The lowest BCUT2D eigenvalue weighted by Gasteiger charge is -2.18. The van der Waals surface area contributed by atoms with Crippen LogP contribution in [-0.2, 0) is 11.3 Å².